The Morgan fingerprint density at radius 2 is 1.61 bits per heavy atom. The van der Waals surface area contributed by atoms with Gasteiger partial charge in [-0.1, -0.05) is 36.6 Å². The first-order valence-electron chi connectivity index (χ1n) is 10.6. The van der Waals surface area contributed by atoms with Crippen molar-refractivity contribution in [3.05, 3.63) is 59.7 Å². The summed E-state index contributed by atoms with van der Waals surface area (Å²) in [6, 6.07) is 14.2. The van der Waals surface area contributed by atoms with Gasteiger partial charge in [-0.25, -0.2) is 9.78 Å². The predicted octanol–water partition coefficient (Wildman–Crippen LogP) is 4.59. The molecule has 1 saturated heterocycles. The van der Waals surface area contributed by atoms with Crippen LogP contribution in [0.3, 0.4) is 0 Å². The normalized spacial score (nSPS) is 20.9. The summed E-state index contributed by atoms with van der Waals surface area (Å²) in [6.45, 7) is 1.91. The first kappa shape index (κ1) is 19.4. The first-order chi connectivity index (χ1) is 14.9. The Hall–Kier alpha value is -3.54. The Labute approximate surface area is 179 Å². The lowest BCUT2D eigenvalue weighted by atomic mass is 9.81. The summed E-state index contributed by atoms with van der Waals surface area (Å²) in [5.74, 6) is -1.59. The molecule has 3 aromatic rings. The van der Waals surface area contributed by atoms with Gasteiger partial charge in [0.25, 0.3) is 0 Å². The molecule has 1 N–H and O–H groups in total. The number of aromatic carboxylic acids is 1. The Bertz CT molecular complexity index is 1210. The Morgan fingerprint density at radius 1 is 0.968 bits per heavy atom. The number of fused-ring (bicyclic) bond motifs is 2. The number of carboxylic acids is 1. The molecular formula is C25H22N2O4. The van der Waals surface area contributed by atoms with E-state index in [9.17, 15) is 19.5 Å². The molecule has 156 valence electrons. The quantitative estimate of drug-likeness (QED) is 0.634. The number of hydrogen-bond acceptors (Lipinski definition) is 4. The van der Waals surface area contributed by atoms with Gasteiger partial charge in [-0.3, -0.25) is 14.5 Å². The molecule has 1 aliphatic heterocycles. The first-order valence-corrected chi connectivity index (χ1v) is 10.6. The van der Waals surface area contributed by atoms with Crippen LogP contribution in [0.15, 0.2) is 48.5 Å². The minimum absolute atomic E-state index is 0.102. The van der Waals surface area contributed by atoms with E-state index in [1.54, 1.807) is 30.3 Å². The number of rotatable bonds is 3. The van der Waals surface area contributed by atoms with Crippen molar-refractivity contribution < 1.29 is 19.5 Å². The van der Waals surface area contributed by atoms with E-state index in [2.05, 4.69) is 4.98 Å². The highest BCUT2D eigenvalue weighted by atomic mass is 16.4. The SMILES string of the molecule is Cc1ccc2nc(-c3ccc(N4C(=O)C5CCCCC5C4=O)cc3)cc(C(=O)O)c2c1. The van der Waals surface area contributed by atoms with E-state index in [0.29, 0.717) is 22.3 Å². The van der Waals surface area contributed by atoms with Crippen LogP contribution in [0.25, 0.3) is 22.2 Å². The van der Waals surface area contributed by atoms with Crippen LogP contribution in [0.1, 0.15) is 41.6 Å². The second kappa shape index (κ2) is 7.30. The Morgan fingerprint density at radius 3 is 2.23 bits per heavy atom. The number of hydrogen-bond donors (Lipinski definition) is 1. The fraction of sp³-hybridized carbons (Fsp3) is 0.280. The van der Waals surface area contributed by atoms with Crippen LogP contribution in [0.5, 0.6) is 0 Å². The molecule has 2 aromatic carbocycles. The number of carbonyl (C=O) groups excluding carboxylic acids is 2. The minimum Gasteiger partial charge on any atom is -0.478 e. The van der Waals surface area contributed by atoms with E-state index in [4.69, 9.17) is 0 Å². The van der Waals surface area contributed by atoms with E-state index in [0.717, 1.165) is 36.8 Å². The van der Waals surface area contributed by atoms with Crippen molar-refractivity contribution in [2.75, 3.05) is 4.90 Å². The monoisotopic (exact) mass is 414 g/mol. The molecule has 2 aliphatic rings. The van der Waals surface area contributed by atoms with Crippen molar-refractivity contribution >= 4 is 34.4 Å². The third kappa shape index (κ3) is 3.19. The zero-order valence-corrected chi connectivity index (χ0v) is 17.2. The van der Waals surface area contributed by atoms with Crippen molar-refractivity contribution in [1.82, 2.24) is 4.98 Å². The van der Waals surface area contributed by atoms with Gasteiger partial charge in [0.2, 0.25) is 11.8 Å². The maximum Gasteiger partial charge on any atom is 0.336 e. The molecular weight excluding hydrogens is 392 g/mol. The summed E-state index contributed by atoms with van der Waals surface area (Å²) in [5, 5.41) is 10.3. The summed E-state index contributed by atoms with van der Waals surface area (Å²) in [7, 11) is 0. The van der Waals surface area contributed by atoms with Crippen molar-refractivity contribution in [2.24, 2.45) is 11.8 Å². The van der Waals surface area contributed by atoms with Gasteiger partial charge in [0.15, 0.2) is 0 Å². The highest BCUT2D eigenvalue weighted by Gasteiger charge is 2.48. The lowest BCUT2D eigenvalue weighted by Gasteiger charge is -2.19. The lowest BCUT2D eigenvalue weighted by Crippen LogP contribution is -2.30. The molecule has 6 heteroatoms. The lowest BCUT2D eigenvalue weighted by molar-refractivity contribution is -0.122. The molecule has 2 amide bonds. The molecule has 2 unspecified atom stereocenters. The number of carboxylic acid groups (broad SMARTS) is 1. The van der Waals surface area contributed by atoms with Crippen LogP contribution in [-0.4, -0.2) is 27.9 Å². The van der Waals surface area contributed by atoms with Gasteiger partial charge >= 0.3 is 5.97 Å². The van der Waals surface area contributed by atoms with Gasteiger partial charge in [0.05, 0.1) is 34.3 Å². The number of benzene rings is 2. The molecule has 6 nitrogen and oxygen atoms in total. The third-order valence-electron chi connectivity index (χ3n) is 6.46. The summed E-state index contributed by atoms with van der Waals surface area (Å²) in [6.07, 6.45) is 3.54. The number of aryl methyl sites for hydroxylation is 1. The van der Waals surface area contributed by atoms with Gasteiger partial charge in [0.1, 0.15) is 0 Å². The Kier molecular flexibility index (Phi) is 4.58. The fourth-order valence-corrected chi connectivity index (χ4v) is 4.86. The van der Waals surface area contributed by atoms with E-state index in [-0.39, 0.29) is 29.2 Å². The van der Waals surface area contributed by atoms with Crippen molar-refractivity contribution in [3.63, 3.8) is 0 Å². The summed E-state index contributed by atoms with van der Waals surface area (Å²) in [4.78, 5) is 43.4. The maximum atomic E-state index is 12.8. The van der Waals surface area contributed by atoms with Crippen LogP contribution in [0, 0.1) is 18.8 Å². The van der Waals surface area contributed by atoms with Crippen LogP contribution < -0.4 is 4.90 Å². The highest BCUT2D eigenvalue weighted by Crippen LogP contribution is 2.40. The molecule has 2 heterocycles. The zero-order chi connectivity index (χ0) is 21.7. The average molecular weight is 414 g/mol. The van der Waals surface area contributed by atoms with Gasteiger partial charge in [-0.15, -0.1) is 0 Å². The topological polar surface area (TPSA) is 87.6 Å². The number of nitrogens with zero attached hydrogens (tertiary/aromatic N) is 2. The van der Waals surface area contributed by atoms with E-state index < -0.39 is 5.97 Å². The number of pyridine rings is 1. The summed E-state index contributed by atoms with van der Waals surface area (Å²) in [5.41, 5.74) is 3.59. The summed E-state index contributed by atoms with van der Waals surface area (Å²) >= 11 is 0. The maximum absolute atomic E-state index is 12.8. The van der Waals surface area contributed by atoms with Gasteiger partial charge in [-0.2, -0.15) is 0 Å². The number of amides is 2. The highest BCUT2D eigenvalue weighted by molar-refractivity contribution is 6.22. The van der Waals surface area contributed by atoms with E-state index >= 15 is 0 Å². The molecule has 0 spiro atoms. The van der Waals surface area contributed by atoms with Crippen LogP contribution in [-0.2, 0) is 9.59 Å². The molecule has 1 aliphatic carbocycles. The standard InChI is InChI=1S/C25H22N2O4/c1-14-6-11-21-19(12-14)20(25(30)31)13-22(26-21)15-7-9-16(10-8-15)27-23(28)17-4-2-3-5-18(17)24(27)29/h6-13,17-18H,2-5H2,1H3,(H,30,31). The van der Waals surface area contributed by atoms with E-state index in [1.165, 1.54) is 4.90 Å². The molecule has 5 rings (SSSR count). The second-order valence-electron chi connectivity index (χ2n) is 8.44. The van der Waals surface area contributed by atoms with Crippen LogP contribution in [0.4, 0.5) is 5.69 Å². The third-order valence-corrected chi connectivity index (χ3v) is 6.46. The van der Waals surface area contributed by atoms with Crippen molar-refractivity contribution in [1.29, 1.82) is 0 Å². The second-order valence-corrected chi connectivity index (χ2v) is 8.44. The molecule has 0 radical (unpaired) electrons. The molecule has 2 fully saturated rings. The smallest absolute Gasteiger partial charge is 0.336 e. The molecule has 0 bridgehead atoms. The van der Waals surface area contributed by atoms with Crippen molar-refractivity contribution in [2.45, 2.75) is 32.6 Å². The molecule has 1 aromatic heterocycles. The number of imide groups is 1. The van der Waals surface area contributed by atoms with Gasteiger partial charge in [0, 0.05) is 10.9 Å². The zero-order valence-electron chi connectivity index (χ0n) is 17.2. The van der Waals surface area contributed by atoms with E-state index in [1.807, 2.05) is 25.1 Å². The Balaban J connectivity index is 1.51. The van der Waals surface area contributed by atoms with Crippen molar-refractivity contribution in [3.8, 4) is 11.3 Å². The number of aromatic nitrogens is 1. The van der Waals surface area contributed by atoms with Crippen LogP contribution in [0.2, 0.25) is 0 Å². The molecule has 31 heavy (non-hydrogen) atoms. The fourth-order valence-electron chi connectivity index (χ4n) is 4.86. The molecule has 1 saturated carbocycles. The predicted molar refractivity (Wildman–Crippen MR) is 117 cm³/mol. The van der Waals surface area contributed by atoms with Gasteiger partial charge in [-0.05, 0) is 50.1 Å². The largest absolute Gasteiger partial charge is 0.478 e. The number of carbonyl (C=O) groups is 3. The molecule has 2 atom stereocenters. The van der Waals surface area contributed by atoms with Gasteiger partial charge < -0.3 is 5.11 Å². The number of anilines is 1. The summed E-state index contributed by atoms with van der Waals surface area (Å²) < 4.78 is 0. The average Bonchev–Trinajstić information content (AvgIpc) is 3.03. The minimum atomic E-state index is -1.01. The van der Waals surface area contributed by atoms with Crippen LogP contribution >= 0.6 is 0 Å².